The van der Waals surface area contributed by atoms with Crippen LogP contribution in [0.25, 0.3) is 5.70 Å². The number of hydrogen-bond acceptors (Lipinski definition) is 3. The Morgan fingerprint density at radius 1 is 0.885 bits per heavy atom. The molecule has 4 heteroatoms. The number of ketones is 1. The maximum Gasteiger partial charge on any atom is 0.187 e. The molecule has 0 saturated carbocycles. The first-order valence-electron chi connectivity index (χ1n) is 8.14. The third-order valence-corrected chi connectivity index (χ3v) is 4.82. The fourth-order valence-corrected chi connectivity index (χ4v) is 3.01. The van der Waals surface area contributed by atoms with Crippen molar-refractivity contribution in [2.24, 2.45) is 0 Å². The number of hydrogen-bond donors (Lipinski definition) is 1. The highest BCUT2D eigenvalue weighted by molar-refractivity contribution is 14.1. The van der Waals surface area contributed by atoms with Crippen LogP contribution in [-0.2, 0) is 0 Å². The lowest BCUT2D eigenvalue weighted by Crippen LogP contribution is -2.04. The molecule has 0 fully saturated rings. The van der Waals surface area contributed by atoms with Crippen molar-refractivity contribution in [3.8, 4) is 5.75 Å². The van der Waals surface area contributed by atoms with E-state index in [2.05, 4.69) is 27.9 Å². The fourth-order valence-electron chi connectivity index (χ4n) is 2.49. The molecule has 3 nitrogen and oxygen atoms in total. The Labute approximate surface area is 166 Å². The molecule has 1 N–H and O–H groups in total. The summed E-state index contributed by atoms with van der Waals surface area (Å²) >= 11 is 2.28. The Morgan fingerprint density at radius 3 is 2.19 bits per heavy atom. The van der Waals surface area contributed by atoms with E-state index >= 15 is 0 Å². The van der Waals surface area contributed by atoms with Gasteiger partial charge in [0.2, 0.25) is 0 Å². The Bertz CT molecular complexity index is 918. The molecule has 0 aliphatic rings. The Balaban J connectivity index is 1.99. The van der Waals surface area contributed by atoms with Crippen LogP contribution in [0, 0.1) is 3.57 Å². The summed E-state index contributed by atoms with van der Waals surface area (Å²) in [5.74, 6) is 0.728. The number of anilines is 1. The topological polar surface area (TPSA) is 38.3 Å². The molecule has 3 aromatic carbocycles. The van der Waals surface area contributed by atoms with Gasteiger partial charge in [-0.15, -0.1) is 0 Å². The van der Waals surface area contributed by atoms with Crippen molar-refractivity contribution in [3.63, 3.8) is 0 Å². The molecular formula is C22H18INO2. The van der Waals surface area contributed by atoms with Crippen molar-refractivity contribution in [1.29, 1.82) is 0 Å². The molecule has 0 spiro atoms. The average Bonchev–Trinajstić information content (AvgIpc) is 2.70. The summed E-state index contributed by atoms with van der Waals surface area (Å²) in [6.07, 6.45) is 1.64. The van der Waals surface area contributed by atoms with Gasteiger partial charge < -0.3 is 10.1 Å². The van der Waals surface area contributed by atoms with E-state index in [1.165, 1.54) is 0 Å². The molecule has 0 aliphatic heterocycles. The van der Waals surface area contributed by atoms with E-state index < -0.39 is 0 Å². The Kier molecular flexibility index (Phi) is 6.07. The van der Waals surface area contributed by atoms with Crippen LogP contribution in [0.4, 0.5) is 5.69 Å². The van der Waals surface area contributed by atoms with Crippen LogP contribution < -0.4 is 10.1 Å². The quantitative estimate of drug-likeness (QED) is 0.297. The van der Waals surface area contributed by atoms with Crippen molar-refractivity contribution in [2.75, 3.05) is 12.4 Å². The molecule has 0 aliphatic carbocycles. The SMILES string of the molecule is COc1ccc(/C(=C\C(=O)c2ccccc2)Nc2ccccc2I)cc1. The van der Waals surface area contributed by atoms with E-state index in [-0.39, 0.29) is 5.78 Å². The Hall–Kier alpha value is -2.60. The number of carbonyl (C=O) groups is 1. The monoisotopic (exact) mass is 455 g/mol. The molecule has 3 rings (SSSR count). The highest BCUT2D eigenvalue weighted by Gasteiger charge is 2.09. The second kappa shape index (κ2) is 8.67. The van der Waals surface area contributed by atoms with E-state index in [4.69, 9.17) is 4.74 Å². The van der Waals surface area contributed by atoms with Gasteiger partial charge in [-0.3, -0.25) is 4.79 Å². The summed E-state index contributed by atoms with van der Waals surface area (Å²) in [6, 6.07) is 24.9. The van der Waals surface area contributed by atoms with Crippen molar-refractivity contribution in [2.45, 2.75) is 0 Å². The van der Waals surface area contributed by atoms with Crippen LogP contribution in [-0.4, -0.2) is 12.9 Å². The molecule has 0 aromatic heterocycles. The number of rotatable bonds is 6. The van der Waals surface area contributed by atoms with E-state index in [0.29, 0.717) is 5.56 Å². The zero-order valence-corrected chi connectivity index (χ0v) is 16.4. The van der Waals surface area contributed by atoms with Gasteiger partial charge in [0, 0.05) is 20.9 Å². The predicted octanol–water partition coefficient (Wildman–Crippen LogP) is 5.64. The van der Waals surface area contributed by atoms with Crippen LogP contribution in [0.5, 0.6) is 5.75 Å². The van der Waals surface area contributed by atoms with Crippen LogP contribution >= 0.6 is 22.6 Å². The first kappa shape index (κ1) is 18.2. The maximum atomic E-state index is 12.7. The van der Waals surface area contributed by atoms with Gasteiger partial charge in [-0.05, 0) is 64.6 Å². The number of allylic oxidation sites excluding steroid dienone is 1. The van der Waals surface area contributed by atoms with Crippen LogP contribution in [0.15, 0.2) is 84.9 Å². The third-order valence-electron chi connectivity index (χ3n) is 3.88. The molecule has 0 amide bonds. The maximum absolute atomic E-state index is 12.7. The van der Waals surface area contributed by atoms with Gasteiger partial charge in [0.05, 0.1) is 12.8 Å². The van der Waals surface area contributed by atoms with E-state index in [1.54, 1.807) is 13.2 Å². The van der Waals surface area contributed by atoms with Gasteiger partial charge in [-0.1, -0.05) is 42.5 Å². The summed E-state index contributed by atoms with van der Waals surface area (Å²) in [5.41, 5.74) is 3.26. The molecule has 0 heterocycles. The van der Waals surface area contributed by atoms with Gasteiger partial charge >= 0.3 is 0 Å². The van der Waals surface area contributed by atoms with Gasteiger partial charge in [-0.2, -0.15) is 0 Å². The number of nitrogens with one attached hydrogen (secondary N) is 1. The molecule has 130 valence electrons. The van der Waals surface area contributed by atoms with Gasteiger partial charge in [0.25, 0.3) is 0 Å². The number of para-hydroxylation sites is 1. The number of methoxy groups -OCH3 is 1. The van der Waals surface area contributed by atoms with Crippen molar-refractivity contribution < 1.29 is 9.53 Å². The lowest BCUT2D eigenvalue weighted by Gasteiger charge is -2.13. The minimum atomic E-state index is -0.0464. The second-order valence-corrected chi connectivity index (χ2v) is 6.78. The lowest BCUT2D eigenvalue weighted by molar-refractivity contribution is 0.104. The van der Waals surface area contributed by atoms with E-state index in [9.17, 15) is 4.79 Å². The predicted molar refractivity (Wildman–Crippen MR) is 115 cm³/mol. The molecule has 3 aromatic rings. The van der Waals surface area contributed by atoms with Crippen LogP contribution in [0.1, 0.15) is 15.9 Å². The molecule has 0 unspecified atom stereocenters. The van der Waals surface area contributed by atoms with E-state index in [1.807, 2.05) is 78.9 Å². The molecule has 0 saturated heterocycles. The molecule has 26 heavy (non-hydrogen) atoms. The minimum absolute atomic E-state index is 0.0464. The second-order valence-electron chi connectivity index (χ2n) is 5.62. The summed E-state index contributed by atoms with van der Waals surface area (Å²) in [4.78, 5) is 12.7. The molecule has 0 radical (unpaired) electrons. The molecule has 0 bridgehead atoms. The summed E-state index contributed by atoms with van der Waals surface area (Å²) < 4.78 is 6.31. The fraction of sp³-hybridized carbons (Fsp3) is 0.0455. The summed E-state index contributed by atoms with van der Waals surface area (Å²) in [6.45, 7) is 0. The standard InChI is InChI=1S/C22H18INO2/c1-26-18-13-11-16(12-14-18)21(24-20-10-6-5-9-19(20)23)15-22(25)17-7-3-2-4-8-17/h2-15,24H,1H3/b21-15+. The average molecular weight is 455 g/mol. The number of benzene rings is 3. The van der Waals surface area contributed by atoms with Gasteiger partial charge in [-0.25, -0.2) is 0 Å². The largest absolute Gasteiger partial charge is 0.497 e. The Morgan fingerprint density at radius 2 is 1.54 bits per heavy atom. The molecular weight excluding hydrogens is 437 g/mol. The smallest absolute Gasteiger partial charge is 0.187 e. The van der Waals surface area contributed by atoms with Crippen LogP contribution in [0.3, 0.4) is 0 Å². The zero-order chi connectivity index (χ0) is 18.4. The van der Waals surface area contributed by atoms with Gasteiger partial charge in [0.15, 0.2) is 5.78 Å². The lowest BCUT2D eigenvalue weighted by atomic mass is 10.1. The zero-order valence-electron chi connectivity index (χ0n) is 14.3. The summed E-state index contributed by atoms with van der Waals surface area (Å²) in [7, 11) is 1.63. The van der Waals surface area contributed by atoms with Crippen molar-refractivity contribution >= 4 is 39.8 Å². The number of carbonyl (C=O) groups excluding carboxylic acids is 1. The third kappa shape index (κ3) is 4.52. The first-order valence-corrected chi connectivity index (χ1v) is 9.22. The van der Waals surface area contributed by atoms with Crippen molar-refractivity contribution in [3.05, 3.63) is 99.6 Å². The minimum Gasteiger partial charge on any atom is -0.497 e. The highest BCUT2D eigenvalue weighted by atomic mass is 127. The highest BCUT2D eigenvalue weighted by Crippen LogP contribution is 2.25. The van der Waals surface area contributed by atoms with Crippen LogP contribution in [0.2, 0.25) is 0 Å². The van der Waals surface area contributed by atoms with Crippen molar-refractivity contribution in [1.82, 2.24) is 0 Å². The normalized spacial score (nSPS) is 11.1. The molecule has 0 atom stereocenters. The van der Waals surface area contributed by atoms with E-state index in [0.717, 1.165) is 26.3 Å². The number of halogens is 1. The number of ether oxygens (including phenoxy) is 1. The van der Waals surface area contributed by atoms with Gasteiger partial charge in [0.1, 0.15) is 5.75 Å². The first-order chi connectivity index (χ1) is 12.7. The summed E-state index contributed by atoms with van der Waals surface area (Å²) in [5, 5.41) is 3.39.